The second-order valence-corrected chi connectivity index (χ2v) is 11.2. The van der Waals surface area contributed by atoms with Gasteiger partial charge in [-0.05, 0) is 93.0 Å². The van der Waals surface area contributed by atoms with Gasteiger partial charge < -0.3 is 4.90 Å². The molecule has 2 aliphatic carbocycles. The van der Waals surface area contributed by atoms with Gasteiger partial charge in [0.2, 0.25) is 11.8 Å². The Morgan fingerprint density at radius 2 is 1.66 bits per heavy atom. The first-order chi connectivity index (χ1) is 15.5. The molecule has 2 saturated carbocycles. The number of carbonyl (C=O) groups excluding carboxylic acids is 2. The fourth-order valence-electron chi connectivity index (χ4n) is 6.92. The van der Waals surface area contributed by atoms with Crippen molar-refractivity contribution in [3.8, 4) is 0 Å². The highest BCUT2D eigenvalue weighted by Crippen LogP contribution is 2.41. The largest absolute Gasteiger partial charge is 0.302 e. The molecule has 0 radical (unpaired) electrons. The third-order valence-corrected chi connectivity index (χ3v) is 9.01. The van der Waals surface area contributed by atoms with Crippen molar-refractivity contribution in [1.29, 1.82) is 0 Å². The van der Waals surface area contributed by atoms with E-state index in [1.54, 1.807) is 4.90 Å². The van der Waals surface area contributed by atoms with Gasteiger partial charge in [0.15, 0.2) is 0 Å². The Bertz CT molecular complexity index is 839. The van der Waals surface area contributed by atoms with E-state index < -0.39 is 0 Å². The summed E-state index contributed by atoms with van der Waals surface area (Å²) in [6.45, 7) is 5.68. The normalized spacial score (nSPS) is 33.7. The van der Waals surface area contributed by atoms with Crippen LogP contribution in [0, 0.1) is 17.8 Å². The molecule has 3 fully saturated rings. The van der Waals surface area contributed by atoms with Crippen LogP contribution in [0.5, 0.6) is 0 Å². The first-order valence-electron chi connectivity index (χ1n) is 12.9. The lowest BCUT2D eigenvalue weighted by Gasteiger charge is -2.34. The van der Waals surface area contributed by atoms with Crippen LogP contribution in [0.25, 0.3) is 0 Å². The van der Waals surface area contributed by atoms with Gasteiger partial charge >= 0.3 is 0 Å². The minimum atomic E-state index is -0.00185. The fraction of sp³-hybridized carbons (Fsp3) is 0.704. The van der Waals surface area contributed by atoms with Crippen molar-refractivity contribution in [2.45, 2.75) is 83.1 Å². The van der Waals surface area contributed by atoms with Crippen molar-refractivity contribution in [1.82, 2.24) is 9.80 Å². The molecule has 174 valence electrons. The monoisotopic (exact) mass is 456 g/mol. The van der Waals surface area contributed by atoms with Gasteiger partial charge in [0, 0.05) is 24.2 Å². The molecule has 0 bridgehead atoms. The first-order valence-corrected chi connectivity index (χ1v) is 13.3. The van der Waals surface area contributed by atoms with Crippen molar-refractivity contribution < 1.29 is 9.59 Å². The minimum absolute atomic E-state index is 0.00185. The van der Waals surface area contributed by atoms with E-state index in [0.717, 1.165) is 88.4 Å². The summed E-state index contributed by atoms with van der Waals surface area (Å²) in [5.41, 5.74) is 2.87. The summed E-state index contributed by atoms with van der Waals surface area (Å²) in [4.78, 5) is 30.2. The van der Waals surface area contributed by atoms with E-state index >= 15 is 0 Å². The second-order valence-electron chi connectivity index (χ2n) is 10.8. The number of nitrogens with zero attached hydrogens (tertiary/aromatic N) is 2. The van der Waals surface area contributed by atoms with E-state index in [4.69, 9.17) is 11.6 Å². The SMILES string of the molecule is C[C@H]1CN(CCC2CCC(N3C(=O)[C@H]4CCCC[C@H]4C3=O)CC2)CCc2ccc(Cl)cc21. The molecule has 4 nitrogen and oxygen atoms in total. The van der Waals surface area contributed by atoms with Gasteiger partial charge in [-0.3, -0.25) is 14.5 Å². The molecule has 1 aromatic rings. The molecule has 32 heavy (non-hydrogen) atoms. The maximum Gasteiger partial charge on any atom is 0.233 e. The van der Waals surface area contributed by atoms with E-state index in [9.17, 15) is 9.59 Å². The molecular weight excluding hydrogens is 420 g/mol. The number of hydrogen-bond acceptors (Lipinski definition) is 3. The molecular formula is C27H37ClN2O2. The van der Waals surface area contributed by atoms with Crippen LogP contribution in [0.2, 0.25) is 5.02 Å². The molecule has 4 aliphatic rings. The topological polar surface area (TPSA) is 40.6 Å². The molecule has 5 heteroatoms. The molecule has 2 heterocycles. The number of amides is 2. The zero-order valence-electron chi connectivity index (χ0n) is 19.4. The average Bonchev–Trinajstić information content (AvgIpc) is 2.95. The molecule has 0 N–H and O–H groups in total. The van der Waals surface area contributed by atoms with E-state index in [2.05, 4.69) is 24.0 Å². The van der Waals surface area contributed by atoms with Gasteiger partial charge in [-0.2, -0.15) is 0 Å². The van der Waals surface area contributed by atoms with Crippen LogP contribution in [0.3, 0.4) is 0 Å². The van der Waals surface area contributed by atoms with E-state index in [-0.39, 0.29) is 29.7 Å². The lowest BCUT2D eigenvalue weighted by Crippen LogP contribution is -2.43. The predicted octanol–water partition coefficient (Wildman–Crippen LogP) is 5.43. The van der Waals surface area contributed by atoms with E-state index in [1.807, 2.05) is 6.07 Å². The zero-order chi connectivity index (χ0) is 22.2. The Morgan fingerprint density at radius 1 is 0.969 bits per heavy atom. The Morgan fingerprint density at radius 3 is 2.34 bits per heavy atom. The Balaban J connectivity index is 1.11. The standard InChI is InChI=1S/C27H37ClN2O2/c1-18-17-29(15-13-20-8-9-21(28)16-25(18)20)14-12-19-6-10-22(11-7-19)30-26(31)23-4-2-3-5-24(23)27(30)32/h8-9,16,18-19,22-24H,2-7,10-15,17H2,1H3/t18-,19?,22?,23-,24+/m0/s1. The maximum atomic E-state index is 12.9. The van der Waals surface area contributed by atoms with E-state index in [1.165, 1.54) is 17.5 Å². The highest BCUT2D eigenvalue weighted by Gasteiger charge is 2.50. The summed E-state index contributed by atoms with van der Waals surface area (Å²) in [5.74, 6) is 1.54. The van der Waals surface area contributed by atoms with Gasteiger partial charge in [-0.25, -0.2) is 0 Å². The summed E-state index contributed by atoms with van der Waals surface area (Å²) >= 11 is 6.25. The molecule has 0 spiro atoms. The average molecular weight is 457 g/mol. The van der Waals surface area contributed by atoms with Gasteiger partial charge in [0.25, 0.3) is 0 Å². The summed E-state index contributed by atoms with van der Waals surface area (Å²) in [6.07, 6.45) is 10.7. The molecule has 1 aromatic carbocycles. The molecule has 5 rings (SSSR count). The van der Waals surface area contributed by atoms with Crippen molar-refractivity contribution in [3.05, 3.63) is 34.3 Å². The third-order valence-electron chi connectivity index (χ3n) is 8.78. The number of rotatable bonds is 4. The van der Waals surface area contributed by atoms with Crippen LogP contribution in [0.15, 0.2) is 18.2 Å². The summed E-state index contributed by atoms with van der Waals surface area (Å²) in [5, 5.41) is 0.843. The lowest BCUT2D eigenvalue weighted by molar-refractivity contribution is -0.143. The number of carbonyl (C=O) groups is 2. The van der Waals surface area contributed by atoms with Gasteiger partial charge in [0.05, 0.1) is 11.8 Å². The van der Waals surface area contributed by atoms with Gasteiger partial charge in [-0.15, -0.1) is 0 Å². The summed E-state index contributed by atoms with van der Waals surface area (Å²) in [7, 11) is 0. The number of benzene rings is 1. The molecule has 3 atom stereocenters. The zero-order valence-corrected chi connectivity index (χ0v) is 20.2. The van der Waals surface area contributed by atoms with E-state index in [0.29, 0.717) is 5.92 Å². The highest BCUT2D eigenvalue weighted by atomic mass is 35.5. The number of imide groups is 1. The maximum absolute atomic E-state index is 12.9. The quantitative estimate of drug-likeness (QED) is 0.567. The van der Waals surface area contributed by atoms with Crippen molar-refractivity contribution in [3.63, 3.8) is 0 Å². The number of hydrogen-bond donors (Lipinski definition) is 0. The minimum Gasteiger partial charge on any atom is -0.302 e. The number of likely N-dealkylation sites (tertiary alicyclic amines) is 1. The Hall–Kier alpha value is -1.39. The van der Waals surface area contributed by atoms with Gasteiger partial charge in [0.1, 0.15) is 0 Å². The number of halogens is 1. The lowest BCUT2D eigenvalue weighted by atomic mass is 9.81. The fourth-order valence-corrected chi connectivity index (χ4v) is 7.10. The summed E-state index contributed by atoms with van der Waals surface area (Å²) < 4.78 is 0. The van der Waals surface area contributed by atoms with Crippen molar-refractivity contribution in [2.24, 2.45) is 17.8 Å². The molecule has 0 aromatic heterocycles. The molecule has 1 saturated heterocycles. The smallest absolute Gasteiger partial charge is 0.233 e. The van der Waals surface area contributed by atoms with Crippen LogP contribution >= 0.6 is 11.6 Å². The molecule has 2 amide bonds. The Kier molecular flexibility index (Phi) is 6.63. The van der Waals surface area contributed by atoms with Crippen LogP contribution in [0.1, 0.15) is 81.8 Å². The van der Waals surface area contributed by atoms with Crippen molar-refractivity contribution in [2.75, 3.05) is 19.6 Å². The molecule has 2 aliphatic heterocycles. The highest BCUT2D eigenvalue weighted by molar-refractivity contribution is 6.30. The van der Waals surface area contributed by atoms with Crippen LogP contribution in [-0.4, -0.2) is 47.3 Å². The second kappa shape index (κ2) is 9.46. The Labute approximate surface area is 197 Å². The van der Waals surface area contributed by atoms with Crippen molar-refractivity contribution >= 4 is 23.4 Å². The molecule has 0 unspecified atom stereocenters. The number of fused-ring (bicyclic) bond motifs is 2. The predicted molar refractivity (Wildman–Crippen MR) is 128 cm³/mol. The first kappa shape index (κ1) is 22.4. The van der Waals surface area contributed by atoms with Gasteiger partial charge in [-0.1, -0.05) is 37.4 Å². The van der Waals surface area contributed by atoms with Crippen LogP contribution in [0.4, 0.5) is 0 Å². The third kappa shape index (κ3) is 4.37. The van der Waals surface area contributed by atoms with Crippen LogP contribution < -0.4 is 0 Å². The van der Waals surface area contributed by atoms with Crippen LogP contribution in [-0.2, 0) is 16.0 Å². The summed E-state index contributed by atoms with van der Waals surface area (Å²) in [6, 6.07) is 6.54.